The zero-order chi connectivity index (χ0) is 17.4. The minimum absolute atomic E-state index is 0.345. The van der Waals surface area contributed by atoms with Crippen molar-refractivity contribution in [1.29, 1.82) is 0 Å². The van der Waals surface area contributed by atoms with Gasteiger partial charge in [-0.1, -0.05) is 0 Å². The lowest BCUT2D eigenvalue weighted by Crippen LogP contribution is -2.23. The molecule has 7 heteroatoms. The van der Waals surface area contributed by atoms with E-state index in [-0.39, 0.29) is 0 Å². The molecule has 3 N–H and O–H groups in total. The van der Waals surface area contributed by atoms with Gasteiger partial charge in [0.2, 0.25) is 0 Å². The van der Waals surface area contributed by atoms with Crippen molar-refractivity contribution >= 4 is 23.0 Å². The van der Waals surface area contributed by atoms with Gasteiger partial charge in [-0.05, 0) is 32.9 Å². The normalized spacial score (nSPS) is 11.4. The molecule has 0 saturated heterocycles. The van der Waals surface area contributed by atoms with E-state index in [0.29, 0.717) is 25.7 Å². The summed E-state index contributed by atoms with van der Waals surface area (Å²) in [4.78, 5) is 9.88. The Bertz CT molecular complexity index is 685. The Morgan fingerprint density at radius 1 is 1.29 bits per heavy atom. The van der Waals surface area contributed by atoms with Crippen molar-refractivity contribution in [3.8, 4) is 11.5 Å². The minimum Gasteiger partial charge on any atom is -0.494 e. The van der Waals surface area contributed by atoms with Gasteiger partial charge in [0.25, 0.3) is 0 Å². The summed E-state index contributed by atoms with van der Waals surface area (Å²) in [5.74, 6) is 1.82. The molecule has 0 atom stereocenters. The third-order valence-electron chi connectivity index (χ3n) is 3.10. The van der Waals surface area contributed by atoms with Gasteiger partial charge < -0.3 is 20.5 Å². The number of aromatic nitrogens is 1. The van der Waals surface area contributed by atoms with E-state index in [4.69, 9.17) is 15.2 Å². The number of hydrogen-bond donors (Lipinski definition) is 2. The Labute approximate surface area is 146 Å². The third-order valence-corrected chi connectivity index (χ3v) is 4.07. The van der Waals surface area contributed by atoms with E-state index in [1.807, 2.05) is 45.2 Å². The van der Waals surface area contributed by atoms with E-state index in [2.05, 4.69) is 15.3 Å². The number of aryl methyl sites for hydroxylation is 1. The van der Waals surface area contributed by atoms with Gasteiger partial charge >= 0.3 is 0 Å². The first-order valence-corrected chi connectivity index (χ1v) is 8.82. The van der Waals surface area contributed by atoms with Crippen molar-refractivity contribution in [2.45, 2.75) is 27.2 Å². The highest BCUT2D eigenvalue weighted by atomic mass is 32.1. The van der Waals surface area contributed by atoms with Gasteiger partial charge in [0.15, 0.2) is 5.96 Å². The number of nitrogens with zero attached hydrogens (tertiary/aromatic N) is 2. The number of nitrogens with two attached hydrogens (primary N) is 1. The van der Waals surface area contributed by atoms with Crippen molar-refractivity contribution in [2.24, 2.45) is 10.7 Å². The number of benzene rings is 1. The van der Waals surface area contributed by atoms with Gasteiger partial charge in [0, 0.05) is 30.1 Å². The number of ether oxygens (including phenoxy) is 2. The van der Waals surface area contributed by atoms with Crippen LogP contribution < -0.4 is 20.5 Å². The van der Waals surface area contributed by atoms with Crippen LogP contribution in [0.3, 0.4) is 0 Å². The lowest BCUT2D eigenvalue weighted by Gasteiger charge is -2.13. The fourth-order valence-corrected chi connectivity index (χ4v) is 2.89. The summed E-state index contributed by atoms with van der Waals surface area (Å²) in [5, 5.41) is 4.16. The lowest BCUT2D eigenvalue weighted by molar-refractivity contribution is 0.332. The van der Waals surface area contributed by atoms with Crippen LogP contribution in [0.1, 0.15) is 23.7 Å². The molecule has 1 aromatic heterocycles. The molecule has 130 valence electrons. The van der Waals surface area contributed by atoms with Gasteiger partial charge in [0.05, 0.1) is 23.9 Å². The summed E-state index contributed by atoms with van der Waals surface area (Å²) in [6.45, 7) is 7.68. The van der Waals surface area contributed by atoms with Gasteiger partial charge in [-0.2, -0.15) is 0 Å². The number of nitrogens with one attached hydrogen (secondary N) is 1. The number of anilines is 1. The third kappa shape index (κ3) is 5.42. The van der Waals surface area contributed by atoms with Gasteiger partial charge in [-0.15, -0.1) is 11.3 Å². The number of guanidine groups is 1. The lowest BCUT2D eigenvalue weighted by atomic mass is 10.2. The van der Waals surface area contributed by atoms with E-state index in [9.17, 15) is 0 Å². The van der Waals surface area contributed by atoms with E-state index in [0.717, 1.165) is 28.6 Å². The summed E-state index contributed by atoms with van der Waals surface area (Å²) in [5.41, 5.74) is 6.73. The van der Waals surface area contributed by atoms with Crippen molar-refractivity contribution < 1.29 is 9.47 Å². The van der Waals surface area contributed by atoms with Crippen LogP contribution in [0.4, 0.5) is 5.69 Å². The highest BCUT2D eigenvalue weighted by Gasteiger charge is 2.07. The molecule has 0 spiro atoms. The first-order valence-electron chi connectivity index (χ1n) is 8.00. The van der Waals surface area contributed by atoms with E-state index >= 15 is 0 Å². The average molecular weight is 348 g/mol. The Morgan fingerprint density at radius 3 is 2.75 bits per heavy atom. The molecular formula is C17H24N4O2S. The molecule has 0 unspecified atom stereocenters. The molecule has 0 aliphatic carbocycles. The number of thiazole rings is 1. The van der Waals surface area contributed by atoms with Crippen LogP contribution in [0.25, 0.3) is 0 Å². The van der Waals surface area contributed by atoms with Gasteiger partial charge in [-0.25, -0.2) is 4.98 Å². The Kier molecular flexibility index (Phi) is 6.87. The molecule has 0 saturated carbocycles. The van der Waals surface area contributed by atoms with Gasteiger partial charge in [-0.3, -0.25) is 4.99 Å². The maximum atomic E-state index is 5.99. The SMILES string of the molecule is CCOc1ccc(OCC)c(NC(N)=NCCc2ncc(C)s2)c1. The molecule has 24 heavy (non-hydrogen) atoms. The first kappa shape index (κ1) is 18.1. The van der Waals surface area contributed by atoms with Crippen molar-refractivity contribution in [2.75, 3.05) is 25.1 Å². The molecular weight excluding hydrogens is 324 g/mol. The van der Waals surface area contributed by atoms with Crippen molar-refractivity contribution in [3.05, 3.63) is 34.3 Å². The van der Waals surface area contributed by atoms with Gasteiger partial charge in [0.1, 0.15) is 11.5 Å². The summed E-state index contributed by atoms with van der Waals surface area (Å²) in [6, 6.07) is 5.60. The highest BCUT2D eigenvalue weighted by Crippen LogP contribution is 2.29. The Morgan fingerprint density at radius 2 is 2.08 bits per heavy atom. The molecule has 0 amide bonds. The average Bonchev–Trinajstić information content (AvgIpc) is 2.96. The van der Waals surface area contributed by atoms with Crippen LogP contribution in [0.2, 0.25) is 0 Å². The maximum absolute atomic E-state index is 5.99. The Hall–Kier alpha value is -2.28. The van der Waals surface area contributed by atoms with E-state index < -0.39 is 0 Å². The zero-order valence-corrected chi connectivity index (χ0v) is 15.2. The molecule has 1 aromatic carbocycles. The van der Waals surface area contributed by atoms with Crippen molar-refractivity contribution in [3.63, 3.8) is 0 Å². The van der Waals surface area contributed by atoms with Crippen LogP contribution in [-0.4, -0.2) is 30.7 Å². The molecule has 0 aliphatic heterocycles. The van der Waals surface area contributed by atoms with Crippen LogP contribution in [0.5, 0.6) is 11.5 Å². The largest absolute Gasteiger partial charge is 0.494 e. The van der Waals surface area contributed by atoms with Crippen LogP contribution >= 0.6 is 11.3 Å². The standard InChI is InChI=1S/C17H24N4O2S/c1-4-22-13-6-7-15(23-5-2)14(10-13)21-17(18)19-9-8-16-20-11-12(3)24-16/h6-7,10-11H,4-5,8-9H2,1-3H3,(H3,18,19,21). The molecule has 2 aromatic rings. The fourth-order valence-electron chi connectivity index (χ4n) is 2.11. The molecule has 6 nitrogen and oxygen atoms in total. The second kappa shape index (κ2) is 9.12. The molecule has 0 bridgehead atoms. The monoisotopic (exact) mass is 348 g/mol. The second-order valence-electron chi connectivity index (χ2n) is 5.03. The predicted octanol–water partition coefficient (Wildman–Crippen LogP) is 3.22. The minimum atomic E-state index is 0.345. The summed E-state index contributed by atoms with van der Waals surface area (Å²) in [6.07, 6.45) is 2.65. The quantitative estimate of drug-likeness (QED) is 0.565. The van der Waals surface area contributed by atoms with Crippen LogP contribution in [-0.2, 0) is 6.42 Å². The topological polar surface area (TPSA) is 81.8 Å². The molecule has 0 aliphatic rings. The van der Waals surface area contributed by atoms with Crippen LogP contribution in [0, 0.1) is 6.92 Å². The summed E-state index contributed by atoms with van der Waals surface area (Å²) >= 11 is 1.68. The summed E-state index contributed by atoms with van der Waals surface area (Å²) < 4.78 is 11.1. The molecule has 2 rings (SSSR count). The van der Waals surface area contributed by atoms with Crippen LogP contribution in [0.15, 0.2) is 29.4 Å². The Balaban J connectivity index is 2.01. The predicted molar refractivity (Wildman–Crippen MR) is 99.4 cm³/mol. The van der Waals surface area contributed by atoms with Crippen molar-refractivity contribution in [1.82, 2.24) is 4.98 Å². The maximum Gasteiger partial charge on any atom is 0.193 e. The number of aliphatic imine (C=N–C) groups is 1. The second-order valence-corrected chi connectivity index (χ2v) is 6.35. The van der Waals surface area contributed by atoms with E-state index in [1.165, 1.54) is 4.88 Å². The number of rotatable bonds is 8. The highest BCUT2D eigenvalue weighted by molar-refractivity contribution is 7.11. The molecule has 0 radical (unpaired) electrons. The van der Waals surface area contributed by atoms with E-state index in [1.54, 1.807) is 11.3 Å². The first-order chi connectivity index (χ1) is 11.6. The fraction of sp³-hybridized carbons (Fsp3) is 0.412. The molecule has 1 heterocycles. The smallest absolute Gasteiger partial charge is 0.193 e. The number of hydrogen-bond acceptors (Lipinski definition) is 5. The molecule has 0 fully saturated rings. The summed E-state index contributed by atoms with van der Waals surface area (Å²) in [7, 11) is 0. The zero-order valence-electron chi connectivity index (χ0n) is 14.3.